The zero-order valence-electron chi connectivity index (χ0n) is 15.6. The molecule has 0 atom stereocenters. The summed E-state index contributed by atoms with van der Waals surface area (Å²) < 4.78 is 2.75. The molecule has 1 fully saturated rings. The third kappa shape index (κ3) is 4.18. The van der Waals surface area contributed by atoms with E-state index in [9.17, 15) is 9.59 Å². The topological polar surface area (TPSA) is 45.6 Å². The van der Waals surface area contributed by atoms with Crippen molar-refractivity contribution in [2.45, 2.75) is 13.1 Å². The summed E-state index contributed by atoms with van der Waals surface area (Å²) in [6.07, 6.45) is 1.71. The van der Waals surface area contributed by atoms with E-state index in [1.807, 2.05) is 27.7 Å². The Morgan fingerprint density at radius 1 is 0.964 bits per heavy atom. The normalized spacial score (nSPS) is 15.1. The van der Waals surface area contributed by atoms with Crippen LogP contribution in [0, 0.1) is 0 Å². The Kier molecular flexibility index (Phi) is 5.59. The van der Waals surface area contributed by atoms with Gasteiger partial charge in [0.25, 0.3) is 0 Å². The summed E-state index contributed by atoms with van der Waals surface area (Å²) in [5, 5.41) is 0.631. The van der Waals surface area contributed by atoms with Crippen molar-refractivity contribution in [1.82, 2.24) is 14.4 Å². The molecule has 0 unspecified atom stereocenters. The highest BCUT2D eigenvalue weighted by molar-refractivity contribution is 9.10. The summed E-state index contributed by atoms with van der Waals surface area (Å²) in [6, 6.07) is 17.5. The zero-order chi connectivity index (χ0) is 19.5. The minimum absolute atomic E-state index is 0.0271. The molecule has 5 nitrogen and oxygen atoms in total. The minimum atomic E-state index is -0.0271. The van der Waals surface area contributed by atoms with Gasteiger partial charge < -0.3 is 9.47 Å². The van der Waals surface area contributed by atoms with Crippen LogP contribution in [-0.2, 0) is 17.9 Å². The number of fused-ring (bicyclic) bond motifs is 1. The lowest BCUT2D eigenvalue weighted by Gasteiger charge is -2.35. The molecule has 1 saturated heterocycles. The summed E-state index contributed by atoms with van der Waals surface area (Å²) in [6.45, 7) is 4.36. The van der Waals surface area contributed by atoms with E-state index in [1.54, 1.807) is 12.3 Å². The van der Waals surface area contributed by atoms with Gasteiger partial charge in [-0.2, -0.15) is 0 Å². The van der Waals surface area contributed by atoms with Gasteiger partial charge in [-0.05, 0) is 23.8 Å². The lowest BCUT2D eigenvalue weighted by atomic mass is 10.2. The molecular weight excluding hydrogens is 418 g/mol. The number of hydrogen-bond donors (Lipinski definition) is 0. The number of pyridine rings is 1. The molecule has 1 aliphatic rings. The SMILES string of the molecule is O=C(Cn1ccc(=O)c2ccc(Br)cc21)N1CCN(Cc2ccccc2)CC1. The maximum absolute atomic E-state index is 12.8. The standard InChI is InChI=1S/C22H22BrN3O2/c23-18-6-7-19-20(14-18)26(9-8-21(19)27)16-22(28)25-12-10-24(11-13-25)15-17-4-2-1-3-5-17/h1-9,14H,10-13,15-16H2. The number of nitrogens with zero attached hydrogens (tertiary/aromatic N) is 3. The number of amides is 1. The highest BCUT2D eigenvalue weighted by atomic mass is 79.9. The molecule has 0 bridgehead atoms. The number of carbonyl (C=O) groups is 1. The average Bonchev–Trinajstić information content (AvgIpc) is 2.71. The smallest absolute Gasteiger partial charge is 0.242 e. The van der Waals surface area contributed by atoms with Crippen LogP contribution in [0.1, 0.15) is 5.56 Å². The summed E-state index contributed by atoms with van der Waals surface area (Å²) in [7, 11) is 0. The van der Waals surface area contributed by atoms with Crippen LogP contribution in [0.25, 0.3) is 10.9 Å². The van der Waals surface area contributed by atoms with Crippen LogP contribution >= 0.6 is 15.9 Å². The van der Waals surface area contributed by atoms with E-state index >= 15 is 0 Å². The van der Waals surface area contributed by atoms with Gasteiger partial charge in [-0.15, -0.1) is 0 Å². The maximum atomic E-state index is 12.8. The van der Waals surface area contributed by atoms with Crippen molar-refractivity contribution in [3.05, 3.63) is 81.1 Å². The van der Waals surface area contributed by atoms with Crippen LogP contribution in [0.3, 0.4) is 0 Å². The van der Waals surface area contributed by atoms with E-state index in [0.29, 0.717) is 5.39 Å². The van der Waals surface area contributed by atoms with Crippen molar-refractivity contribution in [3.8, 4) is 0 Å². The quantitative estimate of drug-likeness (QED) is 0.627. The molecule has 1 aliphatic heterocycles. The molecule has 0 radical (unpaired) electrons. The number of aromatic nitrogens is 1. The van der Waals surface area contributed by atoms with E-state index in [4.69, 9.17) is 0 Å². The molecule has 144 valence electrons. The number of benzene rings is 2. The van der Waals surface area contributed by atoms with Crippen LogP contribution in [-0.4, -0.2) is 46.5 Å². The predicted octanol–water partition coefficient (Wildman–Crippen LogP) is 3.11. The summed E-state index contributed by atoms with van der Waals surface area (Å²) >= 11 is 3.45. The van der Waals surface area contributed by atoms with Crippen molar-refractivity contribution in [2.75, 3.05) is 26.2 Å². The third-order valence-corrected chi connectivity index (χ3v) is 5.71. The molecule has 1 amide bonds. The molecule has 0 aliphatic carbocycles. The van der Waals surface area contributed by atoms with Gasteiger partial charge in [0.2, 0.25) is 5.91 Å². The minimum Gasteiger partial charge on any atom is -0.339 e. The fourth-order valence-corrected chi connectivity index (χ4v) is 4.01. The Morgan fingerprint density at radius 3 is 2.46 bits per heavy atom. The molecule has 0 spiro atoms. The van der Waals surface area contributed by atoms with Gasteiger partial charge >= 0.3 is 0 Å². The average molecular weight is 440 g/mol. The van der Waals surface area contributed by atoms with Crippen molar-refractivity contribution in [1.29, 1.82) is 0 Å². The second-order valence-corrected chi connectivity index (χ2v) is 8.03. The lowest BCUT2D eigenvalue weighted by Crippen LogP contribution is -2.49. The highest BCUT2D eigenvalue weighted by Gasteiger charge is 2.21. The first-order chi connectivity index (χ1) is 13.6. The van der Waals surface area contributed by atoms with Crippen LogP contribution < -0.4 is 5.43 Å². The third-order valence-electron chi connectivity index (χ3n) is 5.22. The Bertz CT molecular complexity index is 1040. The van der Waals surface area contributed by atoms with Gasteiger partial charge in [0.05, 0.1) is 5.52 Å². The number of hydrogen-bond acceptors (Lipinski definition) is 3. The first-order valence-electron chi connectivity index (χ1n) is 9.43. The molecular formula is C22H22BrN3O2. The molecule has 2 heterocycles. The van der Waals surface area contributed by atoms with Crippen molar-refractivity contribution < 1.29 is 4.79 Å². The highest BCUT2D eigenvalue weighted by Crippen LogP contribution is 2.18. The first kappa shape index (κ1) is 18.9. The lowest BCUT2D eigenvalue weighted by molar-refractivity contribution is -0.133. The van der Waals surface area contributed by atoms with Gasteiger partial charge in [-0.1, -0.05) is 46.3 Å². The number of carbonyl (C=O) groups excluding carboxylic acids is 1. The second kappa shape index (κ2) is 8.29. The molecule has 0 N–H and O–H groups in total. The summed E-state index contributed by atoms with van der Waals surface area (Å²) in [4.78, 5) is 29.2. The van der Waals surface area contributed by atoms with Gasteiger partial charge in [0, 0.05) is 54.8 Å². The van der Waals surface area contributed by atoms with Gasteiger partial charge in [-0.3, -0.25) is 14.5 Å². The Hall–Kier alpha value is -2.44. The van der Waals surface area contributed by atoms with Crippen LogP contribution in [0.5, 0.6) is 0 Å². The number of piperazine rings is 1. The molecule has 28 heavy (non-hydrogen) atoms. The van der Waals surface area contributed by atoms with Crippen molar-refractivity contribution >= 4 is 32.7 Å². The fourth-order valence-electron chi connectivity index (χ4n) is 3.66. The van der Waals surface area contributed by atoms with E-state index < -0.39 is 0 Å². The van der Waals surface area contributed by atoms with E-state index in [1.165, 1.54) is 11.6 Å². The number of halogens is 1. The predicted molar refractivity (Wildman–Crippen MR) is 114 cm³/mol. The summed E-state index contributed by atoms with van der Waals surface area (Å²) in [5.41, 5.74) is 2.05. The second-order valence-electron chi connectivity index (χ2n) is 7.11. The van der Waals surface area contributed by atoms with E-state index in [-0.39, 0.29) is 17.9 Å². The van der Waals surface area contributed by atoms with Gasteiger partial charge in [0.1, 0.15) is 6.54 Å². The summed E-state index contributed by atoms with van der Waals surface area (Å²) in [5.74, 6) is 0.0873. The van der Waals surface area contributed by atoms with Gasteiger partial charge in [0.15, 0.2) is 5.43 Å². The molecule has 6 heteroatoms. The van der Waals surface area contributed by atoms with E-state index in [0.717, 1.165) is 42.7 Å². The van der Waals surface area contributed by atoms with Crippen LogP contribution in [0.15, 0.2) is 70.1 Å². The molecule has 3 aromatic rings. The Balaban J connectivity index is 1.41. The number of rotatable bonds is 4. The van der Waals surface area contributed by atoms with Crippen molar-refractivity contribution in [3.63, 3.8) is 0 Å². The largest absolute Gasteiger partial charge is 0.339 e. The maximum Gasteiger partial charge on any atom is 0.242 e. The molecule has 0 saturated carbocycles. The fraction of sp³-hybridized carbons (Fsp3) is 0.273. The molecule has 4 rings (SSSR count). The van der Waals surface area contributed by atoms with Crippen LogP contribution in [0.4, 0.5) is 0 Å². The molecule has 1 aromatic heterocycles. The van der Waals surface area contributed by atoms with Crippen LogP contribution in [0.2, 0.25) is 0 Å². The van der Waals surface area contributed by atoms with Gasteiger partial charge in [-0.25, -0.2) is 0 Å². The first-order valence-corrected chi connectivity index (χ1v) is 10.2. The zero-order valence-corrected chi connectivity index (χ0v) is 17.1. The Labute approximate surface area is 172 Å². The monoisotopic (exact) mass is 439 g/mol. The molecule has 2 aromatic carbocycles. The van der Waals surface area contributed by atoms with Crippen molar-refractivity contribution in [2.24, 2.45) is 0 Å². The van der Waals surface area contributed by atoms with E-state index in [2.05, 4.69) is 45.1 Å². The Morgan fingerprint density at radius 2 is 1.71 bits per heavy atom.